The quantitative estimate of drug-likeness (QED) is 0.457. The molecule has 0 aliphatic carbocycles. The van der Waals surface area contributed by atoms with E-state index in [0.29, 0.717) is 10.7 Å². The lowest BCUT2D eigenvalue weighted by Gasteiger charge is -2.08. The first-order valence-corrected chi connectivity index (χ1v) is 6.21. The van der Waals surface area contributed by atoms with E-state index < -0.39 is 10.8 Å². The number of nitro benzene ring substituents is 1. The number of hydrogen-bond donors (Lipinski definition) is 3. The summed E-state index contributed by atoms with van der Waals surface area (Å²) in [5.41, 5.74) is 2.20. The van der Waals surface area contributed by atoms with Gasteiger partial charge in [0.2, 0.25) is 0 Å². The maximum atomic E-state index is 12.2. The van der Waals surface area contributed by atoms with Crippen molar-refractivity contribution < 1.29 is 9.72 Å². The lowest BCUT2D eigenvalue weighted by atomic mass is 10.1. The summed E-state index contributed by atoms with van der Waals surface area (Å²) in [6.07, 6.45) is 0. The number of halogens is 1. The predicted octanol–water partition coefficient (Wildman–Crippen LogP) is 2.79. The standard InChI is InChI=1S/C13H11ClN4O3/c14-8-3-1-4-9(7-8)16-13(19)10-5-2-6-11(17-15)12(10)18(20)21/h1-7,17H,15H2,(H,16,19). The SMILES string of the molecule is NNc1cccc(C(=O)Nc2cccc(Cl)c2)c1[N+](=O)[O-]. The highest BCUT2D eigenvalue weighted by Crippen LogP contribution is 2.28. The van der Waals surface area contributed by atoms with E-state index in [1.165, 1.54) is 24.3 Å². The fourth-order valence-electron chi connectivity index (χ4n) is 1.80. The molecule has 0 atom stereocenters. The zero-order valence-corrected chi connectivity index (χ0v) is 11.4. The Morgan fingerprint density at radius 2 is 1.95 bits per heavy atom. The summed E-state index contributed by atoms with van der Waals surface area (Å²) in [6.45, 7) is 0. The molecule has 0 radical (unpaired) electrons. The number of benzene rings is 2. The second-order valence-electron chi connectivity index (χ2n) is 4.07. The molecule has 0 spiro atoms. The summed E-state index contributed by atoms with van der Waals surface area (Å²) >= 11 is 5.82. The molecular formula is C13H11ClN4O3. The average molecular weight is 307 g/mol. The van der Waals surface area contributed by atoms with Gasteiger partial charge in [-0.25, -0.2) is 0 Å². The molecule has 0 aliphatic heterocycles. The first-order chi connectivity index (χ1) is 10.0. The lowest BCUT2D eigenvalue weighted by molar-refractivity contribution is -0.384. The summed E-state index contributed by atoms with van der Waals surface area (Å²) in [6, 6.07) is 10.7. The Balaban J connectivity index is 2.37. The van der Waals surface area contributed by atoms with Crippen LogP contribution in [0, 0.1) is 10.1 Å². The van der Waals surface area contributed by atoms with Crippen LogP contribution in [0.25, 0.3) is 0 Å². The summed E-state index contributed by atoms with van der Waals surface area (Å²) in [5, 5.41) is 14.1. The van der Waals surface area contributed by atoms with Gasteiger partial charge in [-0.1, -0.05) is 23.7 Å². The van der Waals surface area contributed by atoms with E-state index in [1.807, 2.05) is 0 Å². The highest BCUT2D eigenvalue weighted by molar-refractivity contribution is 6.31. The van der Waals surface area contributed by atoms with Crippen molar-refractivity contribution in [1.29, 1.82) is 0 Å². The molecule has 8 heteroatoms. The van der Waals surface area contributed by atoms with Crippen LogP contribution in [0.5, 0.6) is 0 Å². The Morgan fingerprint density at radius 3 is 2.57 bits per heavy atom. The predicted molar refractivity (Wildman–Crippen MR) is 80.3 cm³/mol. The van der Waals surface area contributed by atoms with Crippen molar-refractivity contribution in [3.63, 3.8) is 0 Å². The number of para-hydroxylation sites is 1. The minimum atomic E-state index is -0.665. The molecule has 0 aliphatic rings. The van der Waals surface area contributed by atoms with Crippen molar-refractivity contribution in [3.8, 4) is 0 Å². The van der Waals surface area contributed by atoms with Gasteiger partial charge in [0.15, 0.2) is 0 Å². The van der Waals surface area contributed by atoms with E-state index in [2.05, 4.69) is 10.7 Å². The molecule has 2 aromatic carbocycles. The first-order valence-electron chi connectivity index (χ1n) is 5.84. The number of hydrazine groups is 1. The summed E-state index contributed by atoms with van der Waals surface area (Å²) in [7, 11) is 0. The third-order valence-electron chi connectivity index (χ3n) is 2.70. The van der Waals surface area contributed by atoms with Gasteiger partial charge in [0.25, 0.3) is 5.91 Å². The number of anilines is 2. The van der Waals surface area contributed by atoms with Gasteiger partial charge >= 0.3 is 5.69 Å². The highest BCUT2D eigenvalue weighted by atomic mass is 35.5. The summed E-state index contributed by atoms with van der Waals surface area (Å²) in [5.74, 6) is 4.60. The molecular weight excluding hydrogens is 296 g/mol. The monoisotopic (exact) mass is 306 g/mol. The summed E-state index contributed by atoms with van der Waals surface area (Å²) in [4.78, 5) is 22.6. The molecule has 0 saturated heterocycles. The third kappa shape index (κ3) is 3.28. The Kier molecular flexibility index (Phi) is 4.36. The van der Waals surface area contributed by atoms with E-state index in [1.54, 1.807) is 18.2 Å². The number of nitrogens with one attached hydrogen (secondary N) is 2. The Labute approximate surface area is 124 Å². The fraction of sp³-hybridized carbons (Fsp3) is 0. The number of hydrogen-bond acceptors (Lipinski definition) is 5. The molecule has 0 aromatic heterocycles. The number of rotatable bonds is 4. The van der Waals surface area contributed by atoms with Crippen molar-refractivity contribution in [2.75, 3.05) is 10.7 Å². The first kappa shape index (κ1) is 14.8. The summed E-state index contributed by atoms with van der Waals surface area (Å²) < 4.78 is 0. The molecule has 21 heavy (non-hydrogen) atoms. The number of carbonyl (C=O) groups is 1. The van der Waals surface area contributed by atoms with E-state index in [-0.39, 0.29) is 16.9 Å². The molecule has 2 aromatic rings. The minimum absolute atomic E-state index is 0.0544. The van der Waals surface area contributed by atoms with Crippen molar-refractivity contribution >= 4 is 34.6 Å². The van der Waals surface area contributed by atoms with Crippen LogP contribution in [0.1, 0.15) is 10.4 Å². The molecule has 4 N–H and O–H groups in total. The molecule has 7 nitrogen and oxygen atoms in total. The van der Waals surface area contributed by atoms with Gasteiger partial charge in [0.1, 0.15) is 11.3 Å². The average Bonchev–Trinajstić information content (AvgIpc) is 2.46. The number of nitrogens with two attached hydrogens (primary N) is 1. The number of nitrogen functional groups attached to an aromatic ring is 1. The van der Waals surface area contributed by atoms with Crippen LogP contribution >= 0.6 is 11.6 Å². The third-order valence-corrected chi connectivity index (χ3v) is 2.94. The van der Waals surface area contributed by atoms with Gasteiger partial charge in [0, 0.05) is 10.7 Å². The number of carbonyl (C=O) groups excluding carboxylic acids is 1. The molecule has 0 fully saturated rings. The van der Waals surface area contributed by atoms with E-state index in [0.717, 1.165) is 0 Å². The van der Waals surface area contributed by atoms with Crippen LogP contribution in [-0.2, 0) is 0 Å². The van der Waals surface area contributed by atoms with Crippen molar-refractivity contribution in [2.24, 2.45) is 5.84 Å². The maximum Gasteiger partial charge on any atom is 0.306 e. The van der Waals surface area contributed by atoms with Crippen LogP contribution in [0.2, 0.25) is 5.02 Å². The van der Waals surface area contributed by atoms with Crippen LogP contribution in [-0.4, -0.2) is 10.8 Å². The van der Waals surface area contributed by atoms with Gasteiger partial charge < -0.3 is 10.7 Å². The van der Waals surface area contributed by atoms with Crippen molar-refractivity contribution in [1.82, 2.24) is 0 Å². The second-order valence-corrected chi connectivity index (χ2v) is 4.50. The van der Waals surface area contributed by atoms with Gasteiger partial charge in [-0.15, -0.1) is 0 Å². The number of nitro groups is 1. The number of amides is 1. The van der Waals surface area contributed by atoms with Gasteiger partial charge in [-0.2, -0.15) is 0 Å². The second kappa shape index (κ2) is 6.21. The van der Waals surface area contributed by atoms with Crippen LogP contribution in [0.4, 0.5) is 17.1 Å². The minimum Gasteiger partial charge on any atom is -0.322 e. The normalized spacial score (nSPS) is 10.0. The van der Waals surface area contributed by atoms with Gasteiger partial charge in [-0.3, -0.25) is 20.8 Å². The molecule has 0 bridgehead atoms. The van der Waals surface area contributed by atoms with Crippen molar-refractivity contribution in [2.45, 2.75) is 0 Å². The van der Waals surface area contributed by atoms with E-state index >= 15 is 0 Å². The van der Waals surface area contributed by atoms with Crippen LogP contribution in [0.3, 0.4) is 0 Å². The zero-order chi connectivity index (χ0) is 15.4. The largest absolute Gasteiger partial charge is 0.322 e. The van der Waals surface area contributed by atoms with E-state index in [4.69, 9.17) is 17.4 Å². The Bertz CT molecular complexity index is 706. The topological polar surface area (TPSA) is 110 Å². The molecule has 0 unspecified atom stereocenters. The lowest BCUT2D eigenvalue weighted by Crippen LogP contribution is -2.16. The van der Waals surface area contributed by atoms with E-state index in [9.17, 15) is 14.9 Å². The van der Waals surface area contributed by atoms with Crippen LogP contribution < -0.4 is 16.6 Å². The fourth-order valence-corrected chi connectivity index (χ4v) is 1.99. The van der Waals surface area contributed by atoms with Gasteiger partial charge in [0.05, 0.1) is 4.92 Å². The highest BCUT2D eigenvalue weighted by Gasteiger charge is 2.24. The number of nitrogens with zero attached hydrogens (tertiary/aromatic N) is 1. The molecule has 108 valence electrons. The Hall–Kier alpha value is -2.64. The maximum absolute atomic E-state index is 12.2. The smallest absolute Gasteiger partial charge is 0.306 e. The molecule has 0 saturated carbocycles. The zero-order valence-electron chi connectivity index (χ0n) is 10.7. The Morgan fingerprint density at radius 1 is 1.24 bits per heavy atom. The molecule has 2 rings (SSSR count). The van der Waals surface area contributed by atoms with Gasteiger partial charge in [-0.05, 0) is 30.3 Å². The molecule has 1 amide bonds. The molecule has 0 heterocycles. The van der Waals surface area contributed by atoms with Crippen LogP contribution in [0.15, 0.2) is 42.5 Å². The van der Waals surface area contributed by atoms with Crippen molar-refractivity contribution in [3.05, 3.63) is 63.2 Å².